The van der Waals surface area contributed by atoms with Crippen molar-refractivity contribution in [3.8, 4) is 5.75 Å². The third-order valence-electron chi connectivity index (χ3n) is 2.49. The van der Waals surface area contributed by atoms with Crippen LogP contribution in [0.1, 0.15) is 11.4 Å². The fraction of sp³-hybridized carbons (Fsp3) is 0.250. The average molecular weight is 278 g/mol. The maximum atomic E-state index is 11.8. The number of aromatic nitrogens is 2. The molecule has 1 aromatic heterocycles. The highest BCUT2D eigenvalue weighted by molar-refractivity contribution is 7.09. The fourth-order valence-electron chi connectivity index (χ4n) is 1.52. The predicted octanol–water partition coefficient (Wildman–Crippen LogP) is 1.06. The minimum Gasteiger partial charge on any atom is -0.508 e. The number of hydrogen-bond acceptors (Lipinski definition) is 6. The number of carbonyl (C=O) groups excluding carboxylic acids is 1. The first-order valence-electron chi connectivity index (χ1n) is 5.69. The predicted molar refractivity (Wildman–Crippen MR) is 73.1 cm³/mol. The summed E-state index contributed by atoms with van der Waals surface area (Å²) >= 11 is 1.12. The van der Waals surface area contributed by atoms with Crippen LogP contribution in [-0.2, 0) is 11.2 Å². The van der Waals surface area contributed by atoms with Crippen LogP contribution < -0.4 is 11.1 Å². The van der Waals surface area contributed by atoms with E-state index < -0.39 is 6.04 Å². The monoisotopic (exact) mass is 278 g/mol. The van der Waals surface area contributed by atoms with Crippen molar-refractivity contribution in [1.29, 1.82) is 0 Å². The second kappa shape index (κ2) is 5.77. The van der Waals surface area contributed by atoms with Gasteiger partial charge in [-0.05, 0) is 31.0 Å². The lowest BCUT2D eigenvalue weighted by Gasteiger charge is -2.10. The highest BCUT2D eigenvalue weighted by Crippen LogP contribution is 2.13. The summed E-state index contributed by atoms with van der Waals surface area (Å²) in [5.74, 6) is 0.503. The van der Waals surface area contributed by atoms with E-state index in [1.807, 2.05) is 0 Å². The Labute approximate surface area is 114 Å². The highest BCUT2D eigenvalue weighted by atomic mass is 32.1. The Kier molecular flexibility index (Phi) is 4.08. The standard InChI is InChI=1S/C12H14N4O2S/c1-7-14-12(19-16-7)15-11(18)10(13)6-8-2-4-9(17)5-3-8/h2-5,10,17H,6,13H2,1H3,(H,14,15,16,18)/t10-/m0/s1. The summed E-state index contributed by atoms with van der Waals surface area (Å²) in [6.07, 6.45) is 0.393. The highest BCUT2D eigenvalue weighted by Gasteiger charge is 2.15. The lowest BCUT2D eigenvalue weighted by molar-refractivity contribution is -0.117. The first kappa shape index (κ1) is 13.4. The van der Waals surface area contributed by atoms with E-state index >= 15 is 0 Å². The van der Waals surface area contributed by atoms with Crippen molar-refractivity contribution in [3.63, 3.8) is 0 Å². The van der Waals surface area contributed by atoms with E-state index in [9.17, 15) is 9.90 Å². The average Bonchev–Trinajstić information content (AvgIpc) is 2.77. The molecule has 2 rings (SSSR count). The van der Waals surface area contributed by atoms with Gasteiger partial charge >= 0.3 is 0 Å². The Balaban J connectivity index is 1.94. The van der Waals surface area contributed by atoms with Gasteiger partial charge in [0.25, 0.3) is 0 Å². The van der Waals surface area contributed by atoms with Gasteiger partial charge in [0.15, 0.2) is 0 Å². The van der Waals surface area contributed by atoms with Crippen molar-refractivity contribution in [2.75, 3.05) is 5.32 Å². The summed E-state index contributed by atoms with van der Waals surface area (Å²) in [6.45, 7) is 1.75. The van der Waals surface area contributed by atoms with Gasteiger partial charge in [0, 0.05) is 11.5 Å². The Morgan fingerprint density at radius 2 is 2.16 bits per heavy atom. The second-order valence-corrected chi connectivity index (χ2v) is 4.86. The second-order valence-electron chi connectivity index (χ2n) is 4.11. The van der Waals surface area contributed by atoms with E-state index in [-0.39, 0.29) is 11.7 Å². The van der Waals surface area contributed by atoms with Gasteiger partial charge in [0.1, 0.15) is 11.6 Å². The number of amides is 1. The van der Waals surface area contributed by atoms with Crippen LogP contribution in [0.2, 0.25) is 0 Å². The van der Waals surface area contributed by atoms with Gasteiger partial charge in [-0.25, -0.2) is 4.98 Å². The molecule has 0 fully saturated rings. The molecule has 0 unspecified atom stereocenters. The molecule has 0 saturated carbocycles. The van der Waals surface area contributed by atoms with Gasteiger partial charge in [-0.3, -0.25) is 10.1 Å². The molecule has 1 aromatic carbocycles. The number of nitrogens with one attached hydrogen (secondary N) is 1. The Morgan fingerprint density at radius 1 is 1.47 bits per heavy atom. The number of carbonyl (C=O) groups is 1. The Hall–Kier alpha value is -1.99. The first-order valence-corrected chi connectivity index (χ1v) is 6.46. The number of aryl methyl sites for hydroxylation is 1. The summed E-state index contributed by atoms with van der Waals surface area (Å²) in [5.41, 5.74) is 6.71. The molecule has 2 aromatic rings. The van der Waals surface area contributed by atoms with Gasteiger partial charge in [0.05, 0.1) is 6.04 Å². The zero-order valence-electron chi connectivity index (χ0n) is 10.3. The molecule has 7 heteroatoms. The van der Waals surface area contributed by atoms with Crippen LogP contribution in [0.15, 0.2) is 24.3 Å². The molecule has 0 saturated heterocycles. The molecule has 1 heterocycles. The number of nitrogens with zero attached hydrogens (tertiary/aromatic N) is 2. The van der Waals surface area contributed by atoms with Crippen molar-refractivity contribution in [2.24, 2.45) is 5.73 Å². The van der Waals surface area contributed by atoms with Gasteiger partial charge < -0.3 is 10.8 Å². The number of rotatable bonds is 4. The smallest absolute Gasteiger partial charge is 0.243 e. The molecule has 6 nitrogen and oxygen atoms in total. The van der Waals surface area contributed by atoms with Gasteiger partial charge in [-0.15, -0.1) is 0 Å². The molecule has 0 aliphatic heterocycles. The third-order valence-corrected chi connectivity index (χ3v) is 3.21. The van der Waals surface area contributed by atoms with Crippen LogP contribution in [0.3, 0.4) is 0 Å². The molecule has 0 bridgehead atoms. The van der Waals surface area contributed by atoms with Crippen molar-refractivity contribution in [2.45, 2.75) is 19.4 Å². The van der Waals surface area contributed by atoms with Crippen molar-refractivity contribution < 1.29 is 9.90 Å². The van der Waals surface area contributed by atoms with Crippen LogP contribution in [-0.4, -0.2) is 26.4 Å². The lowest BCUT2D eigenvalue weighted by Crippen LogP contribution is -2.37. The molecule has 1 amide bonds. The van der Waals surface area contributed by atoms with E-state index in [0.717, 1.165) is 17.1 Å². The number of phenols is 1. The largest absolute Gasteiger partial charge is 0.508 e. The summed E-state index contributed by atoms with van der Waals surface area (Å²) in [4.78, 5) is 15.9. The van der Waals surface area contributed by atoms with Gasteiger partial charge in [0.2, 0.25) is 11.0 Å². The zero-order valence-corrected chi connectivity index (χ0v) is 11.1. The summed E-state index contributed by atoms with van der Waals surface area (Å²) < 4.78 is 3.97. The molecule has 0 aliphatic carbocycles. The number of hydrogen-bond donors (Lipinski definition) is 3. The molecule has 0 radical (unpaired) electrons. The molecule has 4 N–H and O–H groups in total. The summed E-state index contributed by atoms with van der Waals surface area (Å²) in [6, 6.07) is 5.92. The number of aromatic hydroxyl groups is 1. The zero-order chi connectivity index (χ0) is 13.8. The van der Waals surface area contributed by atoms with Crippen LogP contribution in [0.4, 0.5) is 5.13 Å². The molecular weight excluding hydrogens is 264 g/mol. The Bertz CT molecular complexity index is 567. The van der Waals surface area contributed by atoms with E-state index in [4.69, 9.17) is 5.73 Å². The third kappa shape index (κ3) is 3.73. The summed E-state index contributed by atoms with van der Waals surface area (Å²) in [7, 11) is 0. The maximum Gasteiger partial charge on any atom is 0.243 e. The number of benzene rings is 1. The van der Waals surface area contributed by atoms with E-state index in [1.165, 1.54) is 0 Å². The molecule has 0 spiro atoms. The van der Waals surface area contributed by atoms with E-state index in [2.05, 4.69) is 14.7 Å². The fourth-order valence-corrected chi connectivity index (χ4v) is 2.10. The van der Waals surface area contributed by atoms with Crippen molar-refractivity contribution >= 4 is 22.6 Å². The van der Waals surface area contributed by atoms with E-state index in [0.29, 0.717) is 17.4 Å². The van der Waals surface area contributed by atoms with Crippen LogP contribution >= 0.6 is 11.5 Å². The quantitative estimate of drug-likeness (QED) is 0.776. The van der Waals surface area contributed by atoms with Crippen molar-refractivity contribution in [3.05, 3.63) is 35.7 Å². The molecule has 0 aliphatic rings. The first-order chi connectivity index (χ1) is 9.04. The maximum absolute atomic E-state index is 11.8. The number of nitrogens with two attached hydrogens (primary N) is 1. The van der Waals surface area contributed by atoms with Crippen LogP contribution in [0.25, 0.3) is 0 Å². The SMILES string of the molecule is Cc1nsc(NC(=O)[C@@H](N)Cc2ccc(O)cc2)n1. The van der Waals surface area contributed by atoms with Crippen LogP contribution in [0.5, 0.6) is 5.75 Å². The molecule has 1 atom stereocenters. The lowest BCUT2D eigenvalue weighted by atomic mass is 10.1. The minimum absolute atomic E-state index is 0.186. The molecule has 100 valence electrons. The van der Waals surface area contributed by atoms with Crippen molar-refractivity contribution in [1.82, 2.24) is 9.36 Å². The molecular formula is C12H14N4O2S. The minimum atomic E-state index is -0.672. The van der Waals surface area contributed by atoms with E-state index in [1.54, 1.807) is 31.2 Å². The number of phenolic OH excluding ortho intramolecular Hbond substituents is 1. The Morgan fingerprint density at radius 3 is 2.74 bits per heavy atom. The van der Waals surface area contributed by atoms with Gasteiger partial charge in [-0.2, -0.15) is 4.37 Å². The summed E-state index contributed by atoms with van der Waals surface area (Å²) in [5, 5.41) is 12.2. The topological polar surface area (TPSA) is 101 Å². The van der Waals surface area contributed by atoms with Crippen LogP contribution in [0, 0.1) is 6.92 Å². The van der Waals surface area contributed by atoms with Gasteiger partial charge in [-0.1, -0.05) is 12.1 Å². The number of anilines is 1. The normalized spacial score (nSPS) is 12.1. The molecule has 19 heavy (non-hydrogen) atoms.